The zero-order chi connectivity index (χ0) is 23.3. The molecule has 1 aromatic heterocycles. The number of nitrogens with one attached hydrogen (secondary N) is 1. The third kappa shape index (κ3) is 5.26. The summed E-state index contributed by atoms with van der Waals surface area (Å²) in [4.78, 5) is 15.2. The molecule has 0 saturated carbocycles. The topological polar surface area (TPSA) is 72.3 Å². The first-order valence-corrected chi connectivity index (χ1v) is 12.7. The van der Waals surface area contributed by atoms with Crippen molar-refractivity contribution in [1.82, 2.24) is 14.8 Å². The molecule has 2 saturated heterocycles. The molecule has 2 aliphatic rings. The Morgan fingerprint density at radius 1 is 1.09 bits per heavy atom. The quantitative estimate of drug-likeness (QED) is 0.475. The van der Waals surface area contributed by atoms with E-state index in [1.807, 2.05) is 22.8 Å². The molecule has 7 nitrogen and oxygen atoms in total. The summed E-state index contributed by atoms with van der Waals surface area (Å²) in [5.41, 5.74) is 2.68. The van der Waals surface area contributed by atoms with Gasteiger partial charge in [-0.25, -0.2) is 4.39 Å². The van der Waals surface area contributed by atoms with Crippen LogP contribution in [0.2, 0.25) is 0 Å². The first-order chi connectivity index (χ1) is 16.7. The van der Waals surface area contributed by atoms with Crippen molar-refractivity contribution >= 4 is 29.0 Å². The Bertz CT molecular complexity index is 1120. The lowest BCUT2D eigenvalue weighted by molar-refractivity contribution is -0.113. The Morgan fingerprint density at radius 3 is 2.65 bits per heavy atom. The summed E-state index contributed by atoms with van der Waals surface area (Å²) in [5.74, 6) is 0.473. The molecule has 0 unspecified atom stereocenters. The minimum atomic E-state index is -0.297. The standard InChI is InChI=1S/C25H28FN5O2S/c26-19-11-9-18(10-12-19)24-28-29-25(31(24)16-20-6-5-15-33-20)34-17-23(32)27-21-7-1-2-8-22(21)30-13-3-4-14-30/h1-2,7-12,20H,3-6,13-17H2,(H,27,32)/t20-/m1/s1. The molecule has 0 aliphatic carbocycles. The van der Waals surface area contributed by atoms with Gasteiger partial charge in [0.1, 0.15) is 5.82 Å². The second-order valence-corrected chi connectivity index (χ2v) is 9.55. The van der Waals surface area contributed by atoms with Crippen LogP contribution in [0.15, 0.2) is 53.7 Å². The number of aromatic nitrogens is 3. The number of para-hydroxylation sites is 2. The van der Waals surface area contributed by atoms with E-state index in [0.717, 1.165) is 49.5 Å². The van der Waals surface area contributed by atoms with Gasteiger partial charge in [0.15, 0.2) is 11.0 Å². The SMILES string of the molecule is O=C(CSc1nnc(-c2ccc(F)cc2)n1C[C@H]1CCCO1)Nc1ccccc1N1CCCC1. The number of ether oxygens (including phenoxy) is 1. The van der Waals surface area contributed by atoms with Gasteiger partial charge in [0.2, 0.25) is 5.91 Å². The maximum atomic E-state index is 13.4. The number of anilines is 2. The molecule has 1 amide bonds. The maximum Gasteiger partial charge on any atom is 0.234 e. The molecule has 1 N–H and O–H groups in total. The van der Waals surface area contributed by atoms with Crippen molar-refractivity contribution in [2.75, 3.05) is 35.7 Å². The molecular formula is C25H28FN5O2S. The summed E-state index contributed by atoms with van der Waals surface area (Å²) < 4.78 is 21.3. The van der Waals surface area contributed by atoms with E-state index < -0.39 is 0 Å². The van der Waals surface area contributed by atoms with Gasteiger partial charge in [0.05, 0.1) is 29.8 Å². The van der Waals surface area contributed by atoms with Gasteiger partial charge in [-0.15, -0.1) is 10.2 Å². The average molecular weight is 482 g/mol. The van der Waals surface area contributed by atoms with Crippen LogP contribution in [0.4, 0.5) is 15.8 Å². The van der Waals surface area contributed by atoms with E-state index >= 15 is 0 Å². The summed E-state index contributed by atoms with van der Waals surface area (Å²) in [5, 5.41) is 12.4. The van der Waals surface area contributed by atoms with Crippen LogP contribution in [-0.2, 0) is 16.1 Å². The minimum Gasteiger partial charge on any atom is -0.376 e. The number of benzene rings is 2. The smallest absolute Gasteiger partial charge is 0.234 e. The van der Waals surface area contributed by atoms with Crippen molar-refractivity contribution in [2.45, 2.75) is 43.5 Å². The first-order valence-electron chi connectivity index (χ1n) is 11.7. The fraction of sp³-hybridized carbons (Fsp3) is 0.400. The van der Waals surface area contributed by atoms with Crippen molar-refractivity contribution in [3.63, 3.8) is 0 Å². The second kappa shape index (κ2) is 10.6. The van der Waals surface area contributed by atoms with Crippen molar-refractivity contribution in [2.24, 2.45) is 0 Å². The molecule has 3 aromatic rings. The Kier molecular flexibility index (Phi) is 7.10. The van der Waals surface area contributed by atoms with Crippen LogP contribution in [0.25, 0.3) is 11.4 Å². The highest BCUT2D eigenvalue weighted by molar-refractivity contribution is 7.99. The highest BCUT2D eigenvalue weighted by Gasteiger charge is 2.23. The van der Waals surface area contributed by atoms with Gasteiger partial charge in [-0.05, 0) is 62.1 Å². The zero-order valence-electron chi connectivity index (χ0n) is 19.0. The summed E-state index contributed by atoms with van der Waals surface area (Å²) >= 11 is 1.35. The number of nitrogens with zero attached hydrogens (tertiary/aromatic N) is 4. The van der Waals surface area contributed by atoms with Crippen LogP contribution < -0.4 is 10.2 Å². The summed E-state index contributed by atoms with van der Waals surface area (Å²) in [6.45, 7) is 3.38. The monoisotopic (exact) mass is 481 g/mol. The molecule has 2 aliphatic heterocycles. The van der Waals surface area contributed by atoms with Crippen molar-refractivity contribution in [3.05, 3.63) is 54.3 Å². The predicted molar refractivity (Wildman–Crippen MR) is 132 cm³/mol. The Labute approximate surface area is 202 Å². The maximum absolute atomic E-state index is 13.4. The van der Waals surface area contributed by atoms with Crippen LogP contribution in [0.1, 0.15) is 25.7 Å². The minimum absolute atomic E-state index is 0.0794. The lowest BCUT2D eigenvalue weighted by Crippen LogP contribution is -2.22. The van der Waals surface area contributed by atoms with E-state index in [1.165, 1.54) is 36.7 Å². The van der Waals surface area contributed by atoms with E-state index in [4.69, 9.17) is 4.74 Å². The normalized spacial score (nSPS) is 17.9. The average Bonchev–Trinajstić information content (AvgIpc) is 3.62. The molecule has 1 atom stereocenters. The van der Waals surface area contributed by atoms with Crippen LogP contribution in [0, 0.1) is 5.82 Å². The number of carbonyl (C=O) groups excluding carboxylic acids is 1. The highest BCUT2D eigenvalue weighted by atomic mass is 32.2. The summed E-state index contributed by atoms with van der Waals surface area (Å²) in [6, 6.07) is 14.2. The van der Waals surface area contributed by atoms with Gasteiger partial charge in [-0.3, -0.25) is 9.36 Å². The van der Waals surface area contributed by atoms with Crippen molar-refractivity contribution in [3.8, 4) is 11.4 Å². The number of hydrogen-bond donors (Lipinski definition) is 1. The highest BCUT2D eigenvalue weighted by Crippen LogP contribution is 2.30. The van der Waals surface area contributed by atoms with Crippen LogP contribution >= 0.6 is 11.8 Å². The number of hydrogen-bond acceptors (Lipinski definition) is 6. The Balaban J connectivity index is 1.30. The Hall–Kier alpha value is -2.91. The molecule has 3 heterocycles. The van der Waals surface area contributed by atoms with Gasteiger partial charge in [0.25, 0.3) is 0 Å². The molecule has 0 spiro atoms. The van der Waals surface area contributed by atoms with Gasteiger partial charge < -0.3 is 15.0 Å². The molecule has 178 valence electrons. The summed E-state index contributed by atoms with van der Waals surface area (Å²) in [7, 11) is 0. The van der Waals surface area contributed by atoms with Crippen LogP contribution in [0.3, 0.4) is 0 Å². The van der Waals surface area contributed by atoms with Gasteiger partial charge in [0, 0.05) is 25.3 Å². The van der Waals surface area contributed by atoms with E-state index in [0.29, 0.717) is 17.5 Å². The first kappa shape index (κ1) is 22.9. The Morgan fingerprint density at radius 2 is 1.88 bits per heavy atom. The van der Waals surface area contributed by atoms with Gasteiger partial charge in [-0.1, -0.05) is 23.9 Å². The largest absolute Gasteiger partial charge is 0.376 e. The molecule has 0 bridgehead atoms. The molecule has 0 radical (unpaired) electrons. The lowest BCUT2D eigenvalue weighted by atomic mass is 10.2. The number of carbonyl (C=O) groups is 1. The molecule has 5 rings (SSSR count). The fourth-order valence-corrected chi connectivity index (χ4v) is 5.24. The van der Waals surface area contributed by atoms with Gasteiger partial charge >= 0.3 is 0 Å². The van der Waals surface area contributed by atoms with Crippen molar-refractivity contribution in [1.29, 1.82) is 0 Å². The van der Waals surface area contributed by atoms with Crippen LogP contribution in [-0.4, -0.2) is 52.2 Å². The number of halogens is 1. The molecule has 2 fully saturated rings. The second-order valence-electron chi connectivity index (χ2n) is 8.61. The summed E-state index contributed by atoms with van der Waals surface area (Å²) in [6.07, 6.45) is 4.43. The number of amides is 1. The van der Waals surface area contributed by atoms with E-state index in [1.54, 1.807) is 12.1 Å². The lowest BCUT2D eigenvalue weighted by Gasteiger charge is -2.21. The molecule has 2 aromatic carbocycles. The van der Waals surface area contributed by atoms with Gasteiger partial charge in [-0.2, -0.15) is 0 Å². The third-order valence-electron chi connectivity index (χ3n) is 6.19. The number of thioether (sulfide) groups is 1. The van der Waals surface area contributed by atoms with Crippen molar-refractivity contribution < 1.29 is 13.9 Å². The van der Waals surface area contributed by atoms with E-state index in [9.17, 15) is 9.18 Å². The van der Waals surface area contributed by atoms with E-state index in [-0.39, 0.29) is 23.6 Å². The number of rotatable bonds is 8. The third-order valence-corrected chi connectivity index (χ3v) is 7.15. The van der Waals surface area contributed by atoms with Crippen LogP contribution in [0.5, 0.6) is 0 Å². The molecular weight excluding hydrogens is 453 g/mol. The molecule has 34 heavy (non-hydrogen) atoms. The predicted octanol–water partition coefficient (Wildman–Crippen LogP) is 4.59. The zero-order valence-corrected chi connectivity index (χ0v) is 19.8. The fourth-order valence-electron chi connectivity index (χ4n) is 4.49. The van der Waals surface area contributed by atoms with E-state index in [2.05, 4.69) is 26.5 Å². The molecule has 9 heteroatoms.